The Kier molecular flexibility index (Phi) is 5.30. The minimum atomic E-state index is 0.134. The van der Waals surface area contributed by atoms with Crippen molar-refractivity contribution in [2.24, 2.45) is 0 Å². The molecule has 1 amide bonds. The van der Waals surface area contributed by atoms with Crippen molar-refractivity contribution in [2.45, 2.75) is 19.4 Å². The number of hydrogen-bond donors (Lipinski definition) is 1. The number of aromatic nitrogens is 2. The van der Waals surface area contributed by atoms with Crippen molar-refractivity contribution in [1.29, 1.82) is 0 Å². The fraction of sp³-hybridized carbons (Fsp3) is 0.364. The van der Waals surface area contributed by atoms with E-state index in [1.54, 1.807) is 14.0 Å². The van der Waals surface area contributed by atoms with Gasteiger partial charge in [0.2, 0.25) is 5.91 Å². The Morgan fingerprint density at radius 2 is 1.82 bits per heavy atom. The highest BCUT2D eigenvalue weighted by atomic mass is 16.5. The molecule has 146 valence electrons. The molecular formula is C22H26N4O2. The maximum Gasteiger partial charge on any atom is 0.219 e. The normalized spacial score (nSPS) is 16.3. The molecule has 1 aliphatic heterocycles. The Bertz CT molecular complexity index is 910. The van der Waals surface area contributed by atoms with Crippen molar-refractivity contribution in [3.8, 4) is 5.75 Å². The molecule has 2 aromatic carbocycles. The number of amides is 1. The fourth-order valence-corrected chi connectivity index (χ4v) is 3.86. The molecule has 1 fully saturated rings. The predicted octanol–water partition coefficient (Wildman–Crippen LogP) is 3.02. The van der Waals surface area contributed by atoms with Crippen LogP contribution >= 0.6 is 0 Å². The molecule has 1 atom stereocenters. The first kappa shape index (κ1) is 18.5. The van der Waals surface area contributed by atoms with Crippen molar-refractivity contribution < 1.29 is 9.53 Å². The number of H-pyrrole nitrogens is 1. The minimum absolute atomic E-state index is 0.134. The lowest BCUT2D eigenvalue weighted by molar-refractivity contribution is -0.130. The van der Waals surface area contributed by atoms with Gasteiger partial charge in [-0.25, -0.2) is 4.98 Å². The molecule has 1 N–H and O–H groups in total. The molecule has 0 unspecified atom stereocenters. The van der Waals surface area contributed by atoms with Crippen molar-refractivity contribution in [3.63, 3.8) is 0 Å². The number of nitrogens with one attached hydrogen (secondary N) is 1. The Balaban J connectivity index is 1.61. The van der Waals surface area contributed by atoms with Gasteiger partial charge in [0.1, 0.15) is 11.6 Å². The smallest absolute Gasteiger partial charge is 0.219 e. The standard InChI is InChI=1S/C22H26N4O2/c1-16(27)25-11-13-26(14-12-25)21(15-17-7-9-18(28-2)10-8-17)22-23-19-5-3-4-6-20(19)24-22/h3-10,21H,11-15H2,1-2H3,(H,23,24)/t21-/m1/s1. The number of para-hydroxylation sites is 2. The number of benzene rings is 2. The van der Waals surface area contributed by atoms with Gasteiger partial charge < -0.3 is 14.6 Å². The zero-order valence-electron chi connectivity index (χ0n) is 16.4. The zero-order valence-corrected chi connectivity index (χ0v) is 16.4. The molecule has 4 rings (SSSR count). The summed E-state index contributed by atoms with van der Waals surface area (Å²) in [6.45, 7) is 4.85. The van der Waals surface area contributed by atoms with Gasteiger partial charge in [0.05, 0.1) is 24.2 Å². The van der Waals surface area contributed by atoms with Crippen molar-refractivity contribution in [1.82, 2.24) is 19.8 Å². The molecular weight excluding hydrogens is 352 g/mol. The number of aromatic amines is 1. The molecule has 1 aliphatic rings. The van der Waals surface area contributed by atoms with E-state index in [0.717, 1.165) is 55.2 Å². The highest BCUT2D eigenvalue weighted by Gasteiger charge is 2.28. The molecule has 1 saturated heterocycles. The fourth-order valence-electron chi connectivity index (χ4n) is 3.86. The number of fused-ring (bicyclic) bond motifs is 1. The molecule has 6 nitrogen and oxygen atoms in total. The van der Waals surface area contributed by atoms with Crippen LogP contribution in [0.15, 0.2) is 48.5 Å². The molecule has 1 aromatic heterocycles. The summed E-state index contributed by atoms with van der Waals surface area (Å²) in [5.74, 6) is 1.99. The second-order valence-corrected chi connectivity index (χ2v) is 7.25. The summed E-state index contributed by atoms with van der Waals surface area (Å²) in [6, 6.07) is 16.5. The largest absolute Gasteiger partial charge is 0.497 e. The number of carbonyl (C=O) groups excluding carboxylic acids is 1. The topological polar surface area (TPSA) is 61.5 Å². The molecule has 0 radical (unpaired) electrons. The summed E-state index contributed by atoms with van der Waals surface area (Å²) in [6.07, 6.45) is 0.851. The van der Waals surface area contributed by atoms with E-state index in [4.69, 9.17) is 9.72 Å². The number of ether oxygens (including phenoxy) is 1. The first-order valence-corrected chi connectivity index (χ1v) is 9.71. The predicted molar refractivity (Wildman–Crippen MR) is 109 cm³/mol. The Hall–Kier alpha value is -2.86. The van der Waals surface area contributed by atoms with E-state index in [2.05, 4.69) is 28.1 Å². The van der Waals surface area contributed by atoms with Gasteiger partial charge in [0.15, 0.2) is 0 Å². The molecule has 2 heterocycles. The second kappa shape index (κ2) is 8.02. The number of nitrogens with zero attached hydrogens (tertiary/aromatic N) is 3. The van der Waals surface area contributed by atoms with E-state index in [1.165, 1.54) is 5.56 Å². The van der Waals surface area contributed by atoms with Gasteiger partial charge in [-0.15, -0.1) is 0 Å². The van der Waals surface area contributed by atoms with E-state index < -0.39 is 0 Å². The number of rotatable bonds is 5. The van der Waals surface area contributed by atoms with Crippen LogP contribution in [0.1, 0.15) is 24.4 Å². The van der Waals surface area contributed by atoms with Crippen LogP contribution < -0.4 is 4.74 Å². The third-order valence-corrected chi connectivity index (χ3v) is 5.51. The van der Waals surface area contributed by atoms with Gasteiger partial charge >= 0.3 is 0 Å². The van der Waals surface area contributed by atoms with E-state index in [1.807, 2.05) is 35.2 Å². The molecule has 0 spiro atoms. The lowest BCUT2D eigenvalue weighted by atomic mass is 10.0. The van der Waals surface area contributed by atoms with E-state index in [0.29, 0.717) is 0 Å². The first-order chi connectivity index (χ1) is 13.6. The van der Waals surface area contributed by atoms with Crippen LogP contribution in [0.25, 0.3) is 11.0 Å². The average molecular weight is 378 g/mol. The van der Waals surface area contributed by atoms with Crippen molar-refractivity contribution >= 4 is 16.9 Å². The molecule has 0 aliphatic carbocycles. The van der Waals surface area contributed by atoms with Gasteiger partial charge in [0, 0.05) is 33.1 Å². The Morgan fingerprint density at radius 3 is 2.46 bits per heavy atom. The number of hydrogen-bond acceptors (Lipinski definition) is 4. The third-order valence-electron chi connectivity index (χ3n) is 5.51. The van der Waals surface area contributed by atoms with Crippen LogP contribution in [0.3, 0.4) is 0 Å². The van der Waals surface area contributed by atoms with Gasteiger partial charge in [-0.2, -0.15) is 0 Å². The molecule has 0 saturated carbocycles. The summed E-state index contributed by atoms with van der Waals surface area (Å²) >= 11 is 0. The number of carbonyl (C=O) groups is 1. The van der Waals surface area contributed by atoms with Crippen molar-refractivity contribution in [2.75, 3.05) is 33.3 Å². The molecule has 6 heteroatoms. The van der Waals surface area contributed by atoms with Crippen LogP contribution in [0.4, 0.5) is 0 Å². The second-order valence-electron chi connectivity index (χ2n) is 7.25. The molecule has 3 aromatic rings. The highest BCUT2D eigenvalue weighted by Crippen LogP contribution is 2.27. The number of piperazine rings is 1. The third kappa shape index (κ3) is 3.87. The zero-order chi connectivity index (χ0) is 19.5. The minimum Gasteiger partial charge on any atom is -0.497 e. The summed E-state index contributed by atoms with van der Waals surface area (Å²) in [7, 11) is 1.68. The van der Waals surface area contributed by atoms with Crippen molar-refractivity contribution in [3.05, 3.63) is 59.9 Å². The van der Waals surface area contributed by atoms with E-state index in [9.17, 15) is 4.79 Å². The average Bonchev–Trinajstić information content (AvgIpc) is 3.16. The van der Waals surface area contributed by atoms with Crippen LogP contribution in [0.5, 0.6) is 5.75 Å². The lowest BCUT2D eigenvalue weighted by Gasteiger charge is -2.38. The van der Waals surface area contributed by atoms with Crippen LogP contribution in [0.2, 0.25) is 0 Å². The quantitative estimate of drug-likeness (QED) is 0.741. The number of methoxy groups -OCH3 is 1. The van der Waals surface area contributed by atoms with Crippen LogP contribution in [-0.4, -0.2) is 59.0 Å². The summed E-state index contributed by atoms with van der Waals surface area (Å²) < 4.78 is 5.28. The SMILES string of the molecule is COc1ccc(C[C@H](c2nc3ccccc3[nH]2)N2CCN(C(C)=O)CC2)cc1. The van der Waals surface area contributed by atoms with Gasteiger partial charge in [0.25, 0.3) is 0 Å². The summed E-state index contributed by atoms with van der Waals surface area (Å²) in [5.41, 5.74) is 3.28. The Morgan fingerprint density at radius 1 is 1.11 bits per heavy atom. The summed E-state index contributed by atoms with van der Waals surface area (Å²) in [5, 5.41) is 0. The first-order valence-electron chi connectivity index (χ1n) is 9.71. The maximum absolute atomic E-state index is 11.7. The number of imidazole rings is 1. The molecule has 28 heavy (non-hydrogen) atoms. The van der Waals surface area contributed by atoms with Crippen LogP contribution in [0, 0.1) is 0 Å². The Labute approximate surface area is 165 Å². The molecule has 0 bridgehead atoms. The van der Waals surface area contributed by atoms with E-state index in [-0.39, 0.29) is 11.9 Å². The monoisotopic (exact) mass is 378 g/mol. The highest BCUT2D eigenvalue weighted by molar-refractivity contribution is 5.75. The summed E-state index contributed by atoms with van der Waals surface area (Å²) in [4.78, 5) is 24.4. The van der Waals surface area contributed by atoms with Crippen LogP contribution in [-0.2, 0) is 11.2 Å². The van der Waals surface area contributed by atoms with Gasteiger partial charge in [-0.3, -0.25) is 9.69 Å². The van der Waals surface area contributed by atoms with Gasteiger partial charge in [-0.05, 0) is 36.2 Å². The lowest BCUT2D eigenvalue weighted by Crippen LogP contribution is -2.49. The van der Waals surface area contributed by atoms with Gasteiger partial charge in [-0.1, -0.05) is 24.3 Å². The van der Waals surface area contributed by atoms with E-state index >= 15 is 0 Å². The maximum atomic E-state index is 11.7.